The molecule has 0 amide bonds. The van der Waals surface area contributed by atoms with Crippen LogP contribution in [0.4, 0.5) is 0 Å². The van der Waals surface area contributed by atoms with Gasteiger partial charge in [-0.2, -0.15) is 0 Å². The molecule has 1 rings (SSSR count). The summed E-state index contributed by atoms with van der Waals surface area (Å²) in [6.07, 6.45) is 1.43. The van der Waals surface area contributed by atoms with E-state index < -0.39 is 5.97 Å². The van der Waals surface area contributed by atoms with Crippen molar-refractivity contribution in [1.82, 2.24) is 25.2 Å². The van der Waals surface area contributed by atoms with Gasteiger partial charge in [0.2, 0.25) is 0 Å². The van der Waals surface area contributed by atoms with Gasteiger partial charge in [0, 0.05) is 25.7 Å². The molecule has 1 heterocycles. The number of carboxylic acid groups (broad SMARTS) is 1. The monoisotopic (exact) mass is 255 g/mol. The molecule has 0 aliphatic carbocycles. The Bertz CT molecular complexity index is 377. The molecule has 7 heteroatoms. The van der Waals surface area contributed by atoms with E-state index in [1.165, 1.54) is 10.9 Å². The Kier molecular flexibility index (Phi) is 5.73. The minimum absolute atomic E-state index is 0.0189. The molecule has 0 saturated heterocycles. The van der Waals surface area contributed by atoms with Gasteiger partial charge in [-0.1, -0.05) is 5.21 Å². The van der Waals surface area contributed by atoms with Crippen LogP contribution in [0.3, 0.4) is 0 Å². The van der Waals surface area contributed by atoms with Gasteiger partial charge in [0.15, 0.2) is 5.69 Å². The largest absolute Gasteiger partial charge is 0.476 e. The van der Waals surface area contributed by atoms with E-state index in [-0.39, 0.29) is 5.69 Å². The van der Waals surface area contributed by atoms with Gasteiger partial charge >= 0.3 is 5.97 Å². The van der Waals surface area contributed by atoms with Gasteiger partial charge in [0.25, 0.3) is 0 Å². The Morgan fingerprint density at radius 1 is 1.56 bits per heavy atom. The fraction of sp³-hybridized carbons (Fsp3) is 0.727. The van der Waals surface area contributed by atoms with Crippen LogP contribution in [0.5, 0.6) is 0 Å². The Hall–Kier alpha value is -1.47. The average Bonchev–Trinajstić information content (AvgIpc) is 2.77. The first-order valence-electron chi connectivity index (χ1n) is 6.05. The number of aromatic carboxylic acids is 1. The summed E-state index contributed by atoms with van der Waals surface area (Å²) in [7, 11) is 2.09. The number of hydrogen-bond acceptors (Lipinski definition) is 5. The predicted molar refractivity (Wildman–Crippen MR) is 67.6 cm³/mol. The first-order chi connectivity index (χ1) is 8.50. The van der Waals surface area contributed by atoms with E-state index in [9.17, 15) is 4.79 Å². The second-order valence-electron chi connectivity index (χ2n) is 4.50. The molecule has 7 nitrogen and oxygen atoms in total. The molecule has 102 valence electrons. The molecule has 0 saturated carbocycles. The molecule has 2 N–H and O–H groups in total. The van der Waals surface area contributed by atoms with Crippen LogP contribution in [0.25, 0.3) is 0 Å². The maximum atomic E-state index is 10.6. The van der Waals surface area contributed by atoms with Crippen molar-refractivity contribution in [3.05, 3.63) is 11.9 Å². The number of nitrogens with one attached hydrogen (secondary N) is 1. The first kappa shape index (κ1) is 14.6. The third-order valence-electron chi connectivity index (χ3n) is 2.80. The lowest BCUT2D eigenvalue weighted by molar-refractivity contribution is 0.0690. The standard InChI is InChI=1S/C11H21N5O2/c1-9(2)15(3)6-4-12-5-7-16-8-10(11(17)18)13-14-16/h8-9,12H,4-7H2,1-3H3,(H,17,18). The van der Waals surface area contributed by atoms with Gasteiger partial charge < -0.3 is 15.3 Å². The Balaban J connectivity index is 2.16. The van der Waals surface area contributed by atoms with E-state index in [1.807, 2.05) is 0 Å². The normalized spacial score (nSPS) is 11.4. The molecule has 0 bridgehead atoms. The molecule has 0 fully saturated rings. The van der Waals surface area contributed by atoms with Gasteiger partial charge in [-0.15, -0.1) is 5.10 Å². The lowest BCUT2D eigenvalue weighted by atomic mass is 10.3. The van der Waals surface area contributed by atoms with Gasteiger partial charge in [0.05, 0.1) is 12.7 Å². The number of carbonyl (C=O) groups is 1. The lowest BCUT2D eigenvalue weighted by Gasteiger charge is -2.20. The third-order valence-corrected chi connectivity index (χ3v) is 2.80. The highest BCUT2D eigenvalue weighted by molar-refractivity contribution is 5.84. The molecule has 1 aromatic rings. The highest BCUT2D eigenvalue weighted by Gasteiger charge is 2.07. The van der Waals surface area contributed by atoms with Crippen LogP contribution >= 0.6 is 0 Å². The highest BCUT2D eigenvalue weighted by Crippen LogP contribution is 1.92. The minimum Gasteiger partial charge on any atom is -0.476 e. The van der Waals surface area contributed by atoms with Crippen LogP contribution in [0.1, 0.15) is 24.3 Å². The minimum atomic E-state index is -1.05. The van der Waals surface area contributed by atoms with E-state index in [1.54, 1.807) is 0 Å². The molecule has 0 aliphatic heterocycles. The number of rotatable bonds is 8. The summed E-state index contributed by atoms with van der Waals surface area (Å²) >= 11 is 0. The molecular formula is C11H21N5O2. The van der Waals surface area contributed by atoms with Crippen molar-refractivity contribution in [3.63, 3.8) is 0 Å². The quantitative estimate of drug-likeness (QED) is 0.631. The Morgan fingerprint density at radius 3 is 2.83 bits per heavy atom. The van der Waals surface area contributed by atoms with E-state index >= 15 is 0 Å². The molecule has 0 aromatic carbocycles. The van der Waals surface area contributed by atoms with Crippen molar-refractivity contribution in [1.29, 1.82) is 0 Å². The number of hydrogen-bond donors (Lipinski definition) is 2. The summed E-state index contributed by atoms with van der Waals surface area (Å²) < 4.78 is 1.53. The zero-order valence-electron chi connectivity index (χ0n) is 11.1. The fourth-order valence-electron chi connectivity index (χ4n) is 1.34. The molecule has 0 atom stereocenters. The van der Waals surface area contributed by atoms with E-state index in [2.05, 4.69) is 41.4 Å². The van der Waals surface area contributed by atoms with Crippen LogP contribution in [0, 0.1) is 0 Å². The Morgan fingerprint density at radius 2 is 2.28 bits per heavy atom. The fourth-order valence-corrected chi connectivity index (χ4v) is 1.34. The summed E-state index contributed by atoms with van der Waals surface area (Å²) in [6, 6.07) is 0.542. The first-order valence-corrected chi connectivity index (χ1v) is 6.05. The van der Waals surface area contributed by atoms with Crippen LogP contribution in [0.2, 0.25) is 0 Å². The van der Waals surface area contributed by atoms with E-state index in [4.69, 9.17) is 5.11 Å². The van der Waals surface area contributed by atoms with Crippen molar-refractivity contribution >= 4 is 5.97 Å². The third kappa shape index (κ3) is 4.80. The van der Waals surface area contributed by atoms with Crippen LogP contribution < -0.4 is 5.32 Å². The average molecular weight is 255 g/mol. The van der Waals surface area contributed by atoms with Gasteiger partial charge in [-0.3, -0.25) is 4.68 Å². The molecular weight excluding hydrogens is 234 g/mol. The van der Waals surface area contributed by atoms with Crippen molar-refractivity contribution < 1.29 is 9.90 Å². The summed E-state index contributed by atoms with van der Waals surface area (Å²) in [5.41, 5.74) is -0.0189. The van der Waals surface area contributed by atoms with Gasteiger partial charge in [0.1, 0.15) is 0 Å². The van der Waals surface area contributed by atoms with E-state index in [0.29, 0.717) is 12.6 Å². The van der Waals surface area contributed by atoms with Crippen LogP contribution in [-0.4, -0.2) is 63.7 Å². The molecule has 1 aromatic heterocycles. The number of carboxylic acids is 1. The SMILES string of the molecule is CC(C)N(C)CCNCCn1cc(C(=O)O)nn1. The molecule has 0 aliphatic rings. The van der Waals surface area contributed by atoms with Crippen LogP contribution in [-0.2, 0) is 6.54 Å². The van der Waals surface area contributed by atoms with Crippen molar-refractivity contribution in [2.75, 3.05) is 26.7 Å². The summed E-state index contributed by atoms with van der Waals surface area (Å²) in [5, 5.41) is 19.2. The summed E-state index contributed by atoms with van der Waals surface area (Å²) in [4.78, 5) is 12.8. The predicted octanol–water partition coefficient (Wildman–Crippen LogP) is -0.0939. The van der Waals surface area contributed by atoms with E-state index in [0.717, 1.165) is 19.6 Å². The second-order valence-corrected chi connectivity index (χ2v) is 4.50. The van der Waals surface area contributed by atoms with Crippen LogP contribution in [0.15, 0.2) is 6.20 Å². The second kappa shape index (κ2) is 7.07. The van der Waals surface area contributed by atoms with Crippen molar-refractivity contribution in [3.8, 4) is 0 Å². The molecule has 18 heavy (non-hydrogen) atoms. The maximum absolute atomic E-state index is 10.6. The van der Waals surface area contributed by atoms with Crippen molar-refractivity contribution in [2.45, 2.75) is 26.4 Å². The smallest absolute Gasteiger partial charge is 0.358 e. The Labute approximate surface area is 107 Å². The van der Waals surface area contributed by atoms with Crippen molar-refractivity contribution in [2.24, 2.45) is 0 Å². The van der Waals surface area contributed by atoms with Gasteiger partial charge in [-0.25, -0.2) is 4.79 Å². The summed E-state index contributed by atoms with van der Waals surface area (Å²) in [6.45, 7) is 7.55. The number of likely N-dealkylation sites (N-methyl/N-ethyl adjacent to an activating group) is 1. The molecule has 0 spiro atoms. The summed E-state index contributed by atoms with van der Waals surface area (Å²) in [5.74, 6) is -1.05. The molecule has 0 radical (unpaired) electrons. The van der Waals surface area contributed by atoms with Gasteiger partial charge in [-0.05, 0) is 20.9 Å². The maximum Gasteiger partial charge on any atom is 0.358 e. The lowest BCUT2D eigenvalue weighted by Crippen LogP contribution is -2.34. The zero-order chi connectivity index (χ0) is 13.5. The number of aromatic nitrogens is 3. The topological polar surface area (TPSA) is 83.3 Å². The zero-order valence-corrected chi connectivity index (χ0v) is 11.1. The molecule has 0 unspecified atom stereocenters. The number of nitrogens with zero attached hydrogens (tertiary/aromatic N) is 4. The highest BCUT2D eigenvalue weighted by atomic mass is 16.4.